The van der Waals surface area contributed by atoms with Gasteiger partial charge >= 0.3 is 0 Å². The quantitative estimate of drug-likeness (QED) is 0.543. The smallest absolute Gasteiger partial charge is 0.259 e. The zero-order valence-electron chi connectivity index (χ0n) is 13.7. The number of nitrogens with zero attached hydrogens (tertiary/aromatic N) is 1. The van der Waals surface area contributed by atoms with Crippen molar-refractivity contribution in [2.24, 2.45) is 11.0 Å². The van der Waals surface area contributed by atoms with E-state index in [1.807, 2.05) is 0 Å². The van der Waals surface area contributed by atoms with Gasteiger partial charge in [0.15, 0.2) is 11.5 Å². The van der Waals surface area contributed by atoms with Crippen LogP contribution in [-0.4, -0.2) is 36.8 Å². The van der Waals surface area contributed by atoms with Gasteiger partial charge in [0.25, 0.3) is 5.91 Å². The zero-order valence-corrected chi connectivity index (χ0v) is 13.7. The van der Waals surface area contributed by atoms with Crippen molar-refractivity contribution < 1.29 is 19.4 Å². The SMILES string of the molecule is COc1cccc(/C=N/NC(=O)CNC(=O)C2CCCCC2)c1O. The highest BCUT2D eigenvalue weighted by molar-refractivity contribution is 5.88. The highest BCUT2D eigenvalue weighted by Gasteiger charge is 2.21. The highest BCUT2D eigenvalue weighted by Crippen LogP contribution is 2.27. The predicted octanol–water partition coefficient (Wildman–Crippen LogP) is 1.55. The van der Waals surface area contributed by atoms with Crippen LogP contribution in [0.15, 0.2) is 23.3 Å². The van der Waals surface area contributed by atoms with E-state index in [1.54, 1.807) is 18.2 Å². The van der Waals surface area contributed by atoms with Crippen LogP contribution in [0.4, 0.5) is 0 Å². The molecule has 2 rings (SSSR count). The van der Waals surface area contributed by atoms with Gasteiger partial charge in [-0.25, -0.2) is 5.43 Å². The average Bonchev–Trinajstić information content (AvgIpc) is 2.62. The Morgan fingerprint density at radius 2 is 2.08 bits per heavy atom. The van der Waals surface area contributed by atoms with E-state index in [1.165, 1.54) is 19.7 Å². The number of hydrogen-bond acceptors (Lipinski definition) is 5. The maximum absolute atomic E-state index is 11.9. The van der Waals surface area contributed by atoms with E-state index in [0.717, 1.165) is 25.7 Å². The molecular weight excluding hydrogens is 310 g/mol. The van der Waals surface area contributed by atoms with Crippen LogP contribution in [0.25, 0.3) is 0 Å². The summed E-state index contributed by atoms with van der Waals surface area (Å²) >= 11 is 0. The zero-order chi connectivity index (χ0) is 17.4. The van der Waals surface area contributed by atoms with Crippen LogP contribution in [0.2, 0.25) is 0 Å². The molecule has 1 saturated carbocycles. The summed E-state index contributed by atoms with van der Waals surface area (Å²) in [6.07, 6.45) is 6.41. The maximum Gasteiger partial charge on any atom is 0.259 e. The lowest BCUT2D eigenvalue weighted by molar-refractivity contribution is -0.129. The molecule has 0 bridgehead atoms. The fourth-order valence-electron chi connectivity index (χ4n) is 2.70. The highest BCUT2D eigenvalue weighted by atomic mass is 16.5. The Hall–Kier alpha value is -2.57. The summed E-state index contributed by atoms with van der Waals surface area (Å²) in [6, 6.07) is 4.95. The standard InChI is InChI=1S/C17H23N3O4/c1-24-14-9-5-8-13(16(14)22)10-19-20-15(21)11-18-17(23)12-6-3-2-4-7-12/h5,8-10,12,22H,2-4,6-7,11H2,1H3,(H,18,23)(H,20,21)/b19-10+. The van der Waals surface area contributed by atoms with Crippen molar-refractivity contribution in [1.29, 1.82) is 0 Å². The molecule has 2 amide bonds. The second-order valence-electron chi connectivity index (χ2n) is 5.74. The van der Waals surface area contributed by atoms with E-state index in [2.05, 4.69) is 15.8 Å². The van der Waals surface area contributed by atoms with Crippen LogP contribution < -0.4 is 15.5 Å². The average molecular weight is 333 g/mol. The summed E-state index contributed by atoms with van der Waals surface area (Å²) in [4.78, 5) is 23.6. The molecule has 3 N–H and O–H groups in total. The Kier molecular flexibility index (Phi) is 6.60. The van der Waals surface area contributed by atoms with Gasteiger partial charge in [0, 0.05) is 11.5 Å². The second kappa shape index (κ2) is 8.90. The molecule has 0 spiro atoms. The maximum atomic E-state index is 11.9. The molecule has 0 atom stereocenters. The van der Waals surface area contributed by atoms with Gasteiger partial charge < -0.3 is 15.2 Å². The minimum absolute atomic E-state index is 0.0174. The molecule has 1 aromatic rings. The third-order valence-electron chi connectivity index (χ3n) is 4.04. The molecule has 0 aliphatic heterocycles. The first-order valence-corrected chi connectivity index (χ1v) is 8.07. The number of hydrogen-bond donors (Lipinski definition) is 3. The molecule has 1 aliphatic carbocycles. The van der Waals surface area contributed by atoms with Crippen LogP contribution in [0.5, 0.6) is 11.5 Å². The molecule has 1 aromatic carbocycles. The first-order valence-electron chi connectivity index (χ1n) is 8.07. The fraction of sp³-hybridized carbons (Fsp3) is 0.471. The van der Waals surface area contributed by atoms with E-state index >= 15 is 0 Å². The molecule has 0 heterocycles. The van der Waals surface area contributed by atoms with Crippen molar-refractivity contribution in [2.75, 3.05) is 13.7 Å². The molecule has 0 unspecified atom stereocenters. The van der Waals surface area contributed by atoms with Crippen LogP contribution in [0, 0.1) is 5.92 Å². The molecule has 0 aromatic heterocycles. The number of aromatic hydroxyl groups is 1. The summed E-state index contributed by atoms with van der Waals surface area (Å²) in [5.74, 6) is -0.200. The minimum Gasteiger partial charge on any atom is -0.504 e. The number of para-hydroxylation sites is 1. The van der Waals surface area contributed by atoms with Crippen molar-refractivity contribution in [3.05, 3.63) is 23.8 Å². The summed E-state index contributed by atoms with van der Waals surface area (Å²) in [5, 5.41) is 16.3. The number of methoxy groups -OCH3 is 1. The molecule has 24 heavy (non-hydrogen) atoms. The van der Waals surface area contributed by atoms with Gasteiger partial charge in [-0.3, -0.25) is 9.59 Å². The van der Waals surface area contributed by atoms with Crippen LogP contribution in [0.3, 0.4) is 0 Å². The number of ether oxygens (including phenoxy) is 1. The van der Waals surface area contributed by atoms with E-state index in [-0.39, 0.29) is 24.1 Å². The number of amides is 2. The van der Waals surface area contributed by atoms with Crippen LogP contribution in [0.1, 0.15) is 37.7 Å². The Morgan fingerprint density at radius 3 is 2.79 bits per heavy atom. The number of nitrogens with one attached hydrogen (secondary N) is 2. The van der Waals surface area contributed by atoms with E-state index in [9.17, 15) is 14.7 Å². The van der Waals surface area contributed by atoms with Gasteiger partial charge in [-0.2, -0.15) is 5.10 Å². The second-order valence-corrected chi connectivity index (χ2v) is 5.74. The van der Waals surface area contributed by atoms with Gasteiger partial charge in [-0.05, 0) is 25.0 Å². The fourth-order valence-corrected chi connectivity index (χ4v) is 2.70. The number of rotatable bonds is 6. The van der Waals surface area contributed by atoms with Gasteiger partial charge in [-0.15, -0.1) is 0 Å². The summed E-state index contributed by atoms with van der Waals surface area (Å²) < 4.78 is 4.99. The normalized spacial score (nSPS) is 15.2. The van der Waals surface area contributed by atoms with Crippen LogP contribution in [-0.2, 0) is 9.59 Å². The topological polar surface area (TPSA) is 100 Å². The Balaban J connectivity index is 1.77. The monoisotopic (exact) mass is 333 g/mol. The van der Waals surface area contributed by atoms with Crippen molar-refractivity contribution in [3.63, 3.8) is 0 Å². The largest absolute Gasteiger partial charge is 0.504 e. The number of phenols is 1. The van der Waals surface area contributed by atoms with Crippen LogP contribution >= 0.6 is 0 Å². The Bertz CT molecular complexity index is 610. The third-order valence-corrected chi connectivity index (χ3v) is 4.04. The lowest BCUT2D eigenvalue weighted by atomic mass is 9.89. The summed E-state index contributed by atoms with van der Waals surface area (Å²) in [7, 11) is 1.45. The number of phenolic OH excluding ortho intramolecular Hbond substituents is 1. The molecule has 0 saturated heterocycles. The van der Waals surface area contributed by atoms with E-state index in [0.29, 0.717) is 11.3 Å². The van der Waals surface area contributed by atoms with Crippen molar-refractivity contribution in [3.8, 4) is 11.5 Å². The Labute approximate surface area is 141 Å². The molecule has 1 aliphatic rings. The van der Waals surface area contributed by atoms with Gasteiger partial charge in [0.1, 0.15) is 0 Å². The van der Waals surface area contributed by atoms with Gasteiger partial charge in [-0.1, -0.05) is 25.3 Å². The predicted molar refractivity (Wildman–Crippen MR) is 90.0 cm³/mol. The van der Waals surface area contributed by atoms with E-state index < -0.39 is 5.91 Å². The minimum atomic E-state index is -0.419. The van der Waals surface area contributed by atoms with Gasteiger partial charge in [0.05, 0.1) is 19.9 Å². The van der Waals surface area contributed by atoms with Crippen molar-refractivity contribution in [1.82, 2.24) is 10.7 Å². The molecule has 7 nitrogen and oxygen atoms in total. The summed E-state index contributed by atoms with van der Waals surface area (Å²) in [5.41, 5.74) is 2.74. The molecule has 7 heteroatoms. The number of carbonyl (C=O) groups excluding carboxylic acids is 2. The van der Waals surface area contributed by atoms with Crippen molar-refractivity contribution >= 4 is 18.0 Å². The van der Waals surface area contributed by atoms with Gasteiger partial charge in [0.2, 0.25) is 5.91 Å². The van der Waals surface area contributed by atoms with Crippen molar-refractivity contribution in [2.45, 2.75) is 32.1 Å². The molecule has 130 valence electrons. The molecular formula is C17H23N3O4. The lowest BCUT2D eigenvalue weighted by Gasteiger charge is -2.20. The number of hydrazone groups is 1. The van der Waals surface area contributed by atoms with E-state index in [4.69, 9.17) is 4.74 Å². The number of benzene rings is 1. The lowest BCUT2D eigenvalue weighted by Crippen LogP contribution is -2.38. The third kappa shape index (κ3) is 4.97. The molecule has 1 fully saturated rings. The molecule has 0 radical (unpaired) electrons. The first-order chi connectivity index (χ1) is 11.6. The first kappa shape index (κ1) is 17.8. The Morgan fingerprint density at radius 1 is 1.33 bits per heavy atom. The number of carbonyl (C=O) groups is 2. The summed E-state index contributed by atoms with van der Waals surface area (Å²) in [6.45, 7) is -0.114.